The minimum atomic E-state index is -0.415. The predicted molar refractivity (Wildman–Crippen MR) is 75.8 cm³/mol. The highest BCUT2D eigenvalue weighted by Gasteiger charge is 2.18. The fraction of sp³-hybridized carbons (Fsp3) is 0.643. The van der Waals surface area contributed by atoms with E-state index < -0.39 is 5.60 Å². The topological polar surface area (TPSA) is 38.3 Å². The number of thiophene rings is 1. The van der Waals surface area contributed by atoms with Gasteiger partial charge in [-0.05, 0) is 38.6 Å². The standard InChI is InChI=1S/C14H23NO2S/c1-5-7-11(12-8-6-9-18-12)15-10-13(16)17-14(2,3)4/h6,8-9,11,15H,5,7,10H2,1-4H3. The van der Waals surface area contributed by atoms with E-state index in [0.29, 0.717) is 0 Å². The molecule has 4 heteroatoms. The summed E-state index contributed by atoms with van der Waals surface area (Å²) in [5.41, 5.74) is -0.415. The van der Waals surface area contributed by atoms with Crippen molar-refractivity contribution in [1.82, 2.24) is 5.32 Å². The second-order valence-corrected chi connectivity index (χ2v) is 6.30. The molecule has 1 atom stereocenters. The highest BCUT2D eigenvalue weighted by molar-refractivity contribution is 7.10. The fourth-order valence-electron chi connectivity index (χ4n) is 1.71. The van der Waals surface area contributed by atoms with Crippen LogP contribution in [0.4, 0.5) is 0 Å². The summed E-state index contributed by atoms with van der Waals surface area (Å²) in [6.07, 6.45) is 2.12. The molecule has 0 saturated heterocycles. The van der Waals surface area contributed by atoms with Gasteiger partial charge >= 0.3 is 5.97 Å². The van der Waals surface area contributed by atoms with E-state index in [-0.39, 0.29) is 18.6 Å². The van der Waals surface area contributed by atoms with Gasteiger partial charge < -0.3 is 4.74 Å². The highest BCUT2D eigenvalue weighted by Crippen LogP contribution is 2.23. The Bertz CT molecular complexity index is 354. The summed E-state index contributed by atoms with van der Waals surface area (Å²) >= 11 is 1.72. The summed E-state index contributed by atoms with van der Waals surface area (Å²) in [6, 6.07) is 4.40. The van der Waals surface area contributed by atoms with Crippen LogP contribution in [0.15, 0.2) is 17.5 Å². The normalized spacial score (nSPS) is 13.3. The van der Waals surface area contributed by atoms with Crippen molar-refractivity contribution >= 4 is 17.3 Å². The predicted octanol–water partition coefficient (Wildman–Crippen LogP) is 3.52. The van der Waals surface area contributed by atoms with Crippen LogP contribution >= 0.6 is 11.3 Å². The Labute approximate surface area is 114 Å². The Morgan fingerprint density at radius 1 is 1.50 bits per heavy atom. The van der Waals surface area contributed by atoms with Crippen LogP contribution in [0, 0.1) is 0 Å². The Hall–Kier alpha value is -0.870. The van der Waals surface area contributed by atoms with Gasteiger partial charge in [-0.3, -0.25) is 10.1 Å². The third kappa shape index (κ3) is 5.65. The van der Waals surface area contributed by atoms with Gasteiger partial charge in [0.25, 0.3) is 0 Å². The van der Waals surface area contributed by atoms with E-state index >= 15 is 0 Å². The second kappa shape index (κ2) is 6.90. The molecule has 18 heavy (non-hydrogen) atoms. The molecule has 0 amide bonds. The third-order valence-electron chi connectivity index (χ3n) is 2.38. The number of carbonyl (C=O) groups excluding carboxylic acids is 1. The van der Waals surface area contributed by atoms with Crippen molar-refractivity contribution in [1.29, 1.82) is 0 Å². The minimum Gasteiger partial charge on any atom is -0.459 e. The first-order valence-corrected chi connectivity index (χ1v) is 7.29. The molecule has 0 aliphatic carbocycles. The van der Waals surface area contributed by atoms with Crippen LogP contribution in [-0.2, 0) is 9.53 Å². The Morgan fingerprint density at radius 2 is 2.22 bits per heavy atom. The van der Waals surface area contributed by atoms with Gasteiger partial charge in [0.05, 0.1) is 6.54 Å². The van der Waals surface area contributed by atoms with Crippen molar-refractivity contribution in [2.45, 2.75) is 52.2 Å². The molecule has 1 aromatic heterocycles. The number of ether oxygens (including phenoxy) is 1. The number of esters is 1. The first kappa shape index (κ1) is 15.2. The van der Waals surface area contributed by atoms with Crippen LogP contribution in [0.5, 0.6) is 0 Å². The van der Waals surface area contributed by atoms with Crippen LogP contribution in [0.3, 0.4) is 0 Å². The lowest BCUT2D eigenvalue weighted by Crippen LogP contribution is -2.33. The van der Waals surface area contributed by atoms with Crippen molar-refractivity contribution in [3.8, 4) is 0 Å². The summed E-state index contributed by atoms with van der Waals surface area (Å²) in [5, 5.41) is 5.34. The third-order valence-corrected chi connectivity index (χ3v) is 3.36. The Balaban J connectivity index is 2.46. The molecule has 1 unspecified atom stereocenters. The van der Waals surface area contributed by atoms with Crippen LogP contribution in [0.1, 0.15) is 51.5 Å². The lowest BCUT2D eigenvalue weighted by molar-refractivity contribution is -0.153. The molecule has 0 saturated carbocycles. The Kier molecular flexibility index (Phi) is 5.82. The molecule has 1 aromatic rings. The zero-order chi connectivity index (χ0) is 13.6. The van der Waals surface area contributed by atoms with E-state index in [9.17, 15) is 4.79 Å². The molecule has 0 bridgehead atoms. The summed E-state index contributed by atoms with van der Waals surface area (Å²) in [4.78, 5) is 12.9. The first-order valence-electron chi connectivity index (χ1n) is 6.41. The number of nitrogens with one attached hydrogen (secondary N) is 1. The van der Waals surface area contributed by atoms with E-state index in [4.69, 9.17) is 4.74 Å². The minimum absolute atomic E-state index is 0.194. The molecule has 1 heterocycles. The van der Waals surface area contributed by atoms with Crippen LogP contribution < -0.4 is 5.32 Å². The van der Waals surface area contributed by atoms with Gasteiger partial charge in [-0.15, -0.1) is 11.3 Å². The SMILES string of the molecule is CCCC(NCC(=O)OC(C)(C)C)c1cccs1. The number of hydrogen-bond donors (Lipinski definition) is 1. The van der Waals surface area contributed by atoms with Crippen molar-refractivity contribution in [2.75, 3.05) is 6.54 Å². The molecule has 0 aliphatic heterocycles. The maximum absolute atomic E-state index is 11.7. The van der Waals surface area contributed by atoms with E-state index in [1.54, 1.807) is 11.3 Å². The van der Waals surface area contributed by atoms with Gasteiger partial charge in [-0.25, -0.2) is 0 Å². The van der Waals surface area contributed by atoms with Gasteiger partial charge in [0.2, 0.25) is 0 Å². The molecule has 3 nitrogen and oxygen atoms in total. The van der Waals surface area contributed by atoms with E-state index in [1.165, 1.54) is 4.88 Å². The maximum atomic E-state index is 11.7. The monoisotopic (exact) mass is 269 g/mol. The van der Waals surface area contributed by atoms with Crippen LogP contribution in [0.25, 0.3) is 0 Å². The molecule has 1 rings (SSSR count). The first-order chi connectivity index (χ1) is 8.42. The van der Waals surface area contributed by atoms with Gasteiger partial charge in [0, 0.05) is 10.9 Å². The van der Waals surface area contributed by atoms with Gasteiger partial charge in [-0.1, -0.05) is 19.4 Å². The number of hydrogen-bond acceptors (Lipinski definition) is 4. The smallest absolute Gasteiger partial charge is 0.320 e. The molecular formula is C14H23NO2S. The fourth-order valence-corrected chi connectivity index (χ4v) is 2.54. The quantitative estimate of drug-likeness (QED) is 0.803. The molecule has 1 N–H and O–H groups in total. The molecule has 0 spiro atoms. The summed E-state index contributed by atoms with van der Waals surface area (Å²) in [5.74, 6) is -0.194. The largest absolute Gasteiger partial charge is 0.459 e. The lowest BCUT2D eigenvalue weighted by Gasteiger charge is -2.21. The van der Waals surface area contributed by atoms with Crippen molar-refractivity contribution in [3.63, 3.8) is 0 Å². The van der Waals surface area contributed by atoms with Gasteiger partial charge in [0.1, 0.15) is 5.60 Å². The van der Waals surface area contributed by atoms with E-state index in [0.717, 1.165) is 12.8 Å². The van der Waals surface area contributed by atoms with Gasteiger partial charge in [-0.2, -0.15) is 0 Å². The molecule has 0 aromatic carbocycles. The van der Waals surface area contributed by atoms with E-state index in [1.807, 2.05) is 26.8 Å². The van der Waals surface area contributed by atoms with Crippen molar-refractivity contribution in [2.24, 2.45) is 0 Å². The zero-order valence-corrected chi connectivity index (χ0v) is 12.5. The Morgan fingerprint density at radius 3 is 2.72 bits per heavy atom. The second-order valence-electron chi connectivity index (χ2n) is 5.32. The molecule has 0 radical (unpaired) electrons. The average molecular weight is 269 g/mol. The zero-order valence-electron chi connectivity index (χ0n) is 11.7. The van der Waals surface area contributed by atoms with Crippen LogP contribution in [-0.4, -0.2) is 18.1 Å². The summed E-state index contributed by atoms with van der Waals surface area (Å²) in [6.45, 7) is 8.06. The van der Waals surface area contributed by atoms with Crippen molar-refractivity contribution < 1.29 is 9.53 Å². The van der Waals surface area contributed by atoms with Crippen LogP contribution in [0.2, 0.25) is 0 Å². The number of carbonyl (C=O) groups is 1. The molecular weight excluding hydrogens is 246 g/mol. The average Bonchev–Trinajstić information content (AvgIpc) is 2.74. The highest BCUT2D eigenvalue weighted by atomic mass is 32.1. The molecule has 0 fully saturated rings. The van der Waals surface area contributed by atoms with E-state index in [2.05, 4.69) is 23.7 Å². The lowest BCUT2D eigenvalue weighted by atomic mass is 10.1. The van der Waals surface area contributed by atoms with Gasteiger partial charge in [0.15, 0.2) is 0 Å². The maximum Gasteiger partial charge on any atom is 0.320 e. The number of rotatable bonds is 6. The molecule has 0 aliphatic rings. The van der Waals surface area contributed by atoms with Crippen molar-refractivity contribution in [3.05, 3.63) is 22.4 Å². The summed E-state index contributed by atoms with van der Waals surface area (Å²) < 4.78 is 5.29. The summed E-state index contributed by atoms with van der Waals surface area (Å²) in [7, 11) is 0. The molecule has 102 valence electrons.